The molecule has 1 unspecified atom stereocenters. The quantitative estimate of drug-likeness (QED) is 0.0263. The average Bonchev–Trinajstić information content (AvgIpc) is 3.26. The van der Waals surface area contributed by atoms with E-state index in [1.807, 2.05) is 12.2 Å². The first-order valence-electron chi connectivity index (χ1n) is 25.1. The lowest BCUT2D eigenvalue weighted by molar-refractivity contribution is -0.166. The molecular formula is C55H92O6. The molecule has 6 heteroatoms. The Balaban J connectivity index is 4.51. The highest BCUT2D eigenvalue weighted by Crippen LogP contribution is 2.13. The number of rotatable bonds is 44. The molecule has 0 rings (SSSR count). The smallest absolute Gasteiger partial charge is 0.306 e. The van der Waals surface area contributed by atoms with E-state index in [2.05, 4.69) is 93.7 Å². The van der Waals surface area contributed by atoms with Gasteiger partial charge in [0.2, 0.25) is 0 Å². The van der Waals surface area contributed by atoms with E-state index >= 15 is 0 Å². The van der Waals surface area contributed by atoms with Crippen molar-refractivity contribution in [3.8, 4) is 0 Å². The van der Waals surface area contributed by atoms with E-state index in [1.54, 1.807) is 0 Å². The van der Waals surface area contributed by atoms with Crippen molar-refractivity contribution in [2.24, 2.45) is 0 Å². The van der Waals surface area contributed by atoms with Gasteiger partial charge in [0.25, 0.3) is 0 Å². The first-order valence-corrected chi connectivity index (χ1v) is 25.1. The van der Waals surface area contributed by atoms with E-state index in [-0.39, 0.29) is 37.5 Å². The number of carbonyl (C=O) groups is 3. The molecule has 0 bridgehead atoms. The molecule has 0 aliphatic rings. The summed E-state index contributed by atoms with van der Waals surface area (Å²) < 4.78 is 16.7. The fourth-order valence-corrected chi connectivity index (χ4v) is 6.60. The van der Waals surface area contributed by atoms with Gasteiger partial charge in [-0.15, -0.1) is 0 Å². The minimum atomic E-state index is -0.814. The molecule has 61 heavy (non-hydrogen) atoms. The van der Waals surface area contributed by atoms with Crippen LogP contribution in [0.2, 0.25) is 0 Å². The fraction of sp³-hybridized carbons (Fsp3) is 0.691. The van der Waals surface area contributed by atoms with Crippen LogP contribution in [0.3, 0.4) is 0 Å². The van der Waals surface area contributed by atoms with E-state index in [9.17, 15) is 14.4 Å². The number of carbonyl (C=O) groups excluding carboxylic acids is 3. The van der Waals surface area contributed by atoms with Gasteiger partial charge in [0, 0.05) is 19.3 Å². The van der Waals surface area contributed by atoms with E-state index in [0.717, 1.165) is 103 Å². The molecular weight excluding hydrogens is 757 g/mol. The van der Waals surface area contributed by atoms with Crippen molar-refractivity contribution in [1.29, 1.82) is 0 Å². The molecule has 0 radical (unpaired) electrons. The zero-order valence-corrected chi connectivity index (χ0v) is 39.7. The van der Waals surface area contributed by atoms with Gasteiger partial charge in [-0.1, -0.05) is 189 Å². The third-order valence-electron chi connectivity index (χ3n) is 10.4. The molecule has 0 aliphatic carbocycles. The number of ether oxygens (including phenoxy) is 3. The largest absolute Gasteiger partial charge is 0.462 e. The Morgan fingerprint density at radius 1 is 0.344 bits per heavy atom. The lowest BCUT2D eigenvalue weighted by atomic mass is 10.1. The Morgan fingerprint density at radius 2 is 0.672 bits per heavy atom. The van der Waals surface area contributed by atoms with Gasteiger partial charge in [-0.25, -0.2) is 0 Å². The third-order valence-corrected chi connectivity index (χ3v) is 10.4. The SMILES string of the molecule is CC/C=C\C/C=C\C/C=C\C/C=C\CCC(=O)OCC(COC(=O)CCCCCCC/C=C\C/C=C\CCCCCC)OC(=O)CCCCCCC/C=C\CCCCCCC. The van der Waals surface area contributed by atoms with Gasteiger partial charge in [0.15, 0.2) is 6.10 Å². The molecule has 0 amide bonds. The molecule has 348 valence electrons. The Morgan fingerprint density at radius 3 is 1.13 bits per heavy atom. The minimum absolute atomic E-state index is 0.110. The minimum Gasteiger partial charge on any atom is -0.462 e. The van der Waals surface area contributed by atoms with Gasteiger partial charge in [0.1, 0.15) is 13.2 Å². The summed E-state index contributed by atoms with van der Waals surface area (Å²) >= 11 is 0. The van der Waals surface area contributed by atoms with Crippen LogP contribution in [0.25, 0.3) is 0 Å². The maximum absolute atomic E-state index is 12.8. The Hall–Kier alpha value is -3.41. The molecule has 0 aliphatic heterocycles. The van der Waals surface area contributed by atoms with E-state index in [4.69, 9.17) is 14.2 Å². The van der Waals surface area contributed by atoms with Crippen LogP contribution in [0.1, 0.15) is 226 Å². The number of unbranched alkanes of at least 4 members (excludes halogenated alkanes) is 19. The van der Waals surface area contributed by atoms with Crippen molar-refractivity contribution in [3.63, 3.8) is 0 Å². The first-order chi connectivity index (χ1) is 30.0. The third kappa shape index (κ3) is 47.5. The number of allylic oxidation sites excluding steroid dienone is 14. The van der Waals surface area contributed by atoms with Crippen LogP contribution < -0.4 is 0 Å². The van der Waals surface area contributed by atoms with Gasteiger partial charge in [-0.05, 0) is 103 Å². The molecule has 0 N–H and O–H groups in total. The summed E-state index contributed by atoms with van der Waals surface area (Å²) in [6, 6.07) is 0. The van der Waals surface area contributed by atoms with E-state index in [1.165, 1.54) is 77.0 Å². The van der Waals surface area contributed by atoms with Crippen molar-refractivity contribution in [2.75, 3.05) is 13.2 Å². The van der Waals surface area contributed by atoms with Crippen molar-refractivity contribution < 1.29 is 28.6 Å². The molecule has 0 spiro atoms. The number of hydrogen-bond acceptors (Lipinski definition) is 6. The second-order valence-electron chi connectivity index (χ2n) is 16.3. The molecule has 0 aromatic rings. The number of esters is 3. The van der Waals surface area contributed by atoms with Crippen LogP contribution in [-0.2, 0) is 28.6 Å². The summed E-state index contributed by atoms with van der Waals surface area (Å²) in [7, 11) is 0. The van der Waals surface area contributed by atoms with Crippen LogP contribution in [0.5, 0.6) is 0 Å². The van der Waals surface area contributed by atoms with Crippen molar-refractivity contribution in [1.82, 2.24) is 0 Å². The monoisotopic (exact) mass is 849 g/mol. The van der Waals surface area contributed by atoms with Crippen molar-refractivity contribution in [2.45, 2.75) is 232 Å². The van der Waals surface area contributed by atoms with Gasteiger partial charge < -0.3 is 14.2 Å². The van der Waals surface area contributed by atoms with Gasteiger partial charge in [-0.3, -0.25) is 14.4 Å². The summed E-state index contributed by atoms with van der Waals surface area (Å²) in [5.74, 6) is -1.02. The average molecular weight is 849 g/mol. The first kappa shape index (κ1) is 57.6. The fourth-order valence-electron chi connectivity index (χ4n) is 6.60. The normalized spacial score (nSPS) is 12.8. The Bertz CT molecular complexity index is 1200. The molecule has 0 aromatic heterocycles. The van der Waals surface area contributed by atoms with Gasteiger partial charge in [-0.2, -0.15) is 0 Å². The number of hydrogen-bond donors (Lipinski definition) is 0. The summed E-state index contributed by atoms with van der Waals surface area (Å²) in [4.78, 5) is 37.9. The molecule has 0 aromatic carbocycles. The molecule has 0 fully saturated rings. The highest BCUT2D eigenvalue weighted by Gasteiger charge is 2.19. The standard InChI is InChI=1S/C55H92O6/c1-4-7-10-13-16-19-22-25-27-28-31-33-36-39-42-45-48-54(57)60-51-52(50-59-53(56)47-44-41-38-35-32-29-24-21-18-15-12-9-6-3)61-55(58)49-46-43-40-37-34-30-26-23-20-17-14-11-8-5-2/h9,12,18-19,21-23,26-29,32,38,41,52H,4-8,10-11,13-17,20,24-25,30-31,33-37,39-40,42-51H2,1-3H3/b12-9-,21-18-,22-19-,26-23-,28-27-,32-29-,41-38-. The van der Waals surface area contributed by atoms with Crippen LogP contribution in [0, 0.1) is 0 Å². The molecule has 0 saturated carbocycles. The summed E-state index contributed by atoms with van der Waals surface area (Å²) in [5.41, 5.74) is 0. The maximum atomic E-state index is 12.8. The predicted octanol–water partition coefficient (Wildman–Crippen LogP) is 16.4. The Labute approximate surface area is 375 Å². The van der Waals surface area contributed by atoms with Crippen LogP contribution in [0.4, 0.5) is 0 Å². The van der Waals surface area contributed by atoms with Crippen LogP contribution >= 0.6 is 0 Å². The second kappa shape index (κ2) is 49.2. The molecule has 1 atom stereocenters. The summed E-state index contributed by atoms with van der Waals surface area (Å²) in [6.45, 7) is 6.40. The predicted molar refractivity (Wildman–Crippen MR) is 261 cm³/mol. The van der Waals surface area contributed by atoms with Crippen LogP contribution in [0.15, 0.2) is 85.1 Å². The highest BCUT2D eigenvalue weighted by molar-refractivity contribution is 5.71. The molecule has 0 saturated heterocycles. The van der Waals surface area contributed by atoms with E-state index < -0.39 is 6.10 Å². The summed E-state index contributed by atoms with van der Waals surface area (Å²) in [6.07, 6.45) is 62.9. The highest BCUT2D eigenvalue weighted by atomic mass is 16.6. The second-order valence-corrected chi connectivity index (χ2v) is 16.3. The van der Waals surface area contributed by atoms with Gasteiger partial charge in [0.05, 0.1) is 0 Å². The van der Waals surface area contributed by atoms with Crippen LogP contribution in [-0.4, -0.2) is 37.2 Å². The van der Waals surface area contributed by atoms with Crippen molar-refractivity contribution in [3.05, 3.63) is 85.1 Å². The molecule has 0 heterocycles. The molecule has 6 nitrogen and oxygen atoms in total. The topological polar surface area (TPSA) is 78.9 Å². The summed E-state index contributed by atoms with van der Waals surface area (Å²) in [5, 5.41) is 0. The lowest BCUT2D eigenvalue weighted by Gasteiger charge is -2.18. The van der Waals surface area contributed by atoms with E-state index in [0.29, 0.717) is 19.3 Å². The zero-order valence-electron chi connectivity index (χ0n) is 39.7. The van der Waals surface area contributed by atoms with Gasteiger partial charge >= 0.3 is 17.9 Å². The lowest BCUT2D eigenvalue weighted by Crippen LogP contribution is -2.30. The maximum Gasteiger partial charge on any atom is 0.306 e. The zero-order chi connectivity index (χ0) is 44.4. The Kier molecular flexibility index (Phi) is 46.5. The van der Waals surface area contributed by atoms with Crippen molar-refractivity contribution >= 4 is 17.9 Å².